The predicted octanol–water partition coefficient (Wildman–Crippen LogP) is 4.07. The van der Waals surface area contributed by atoms with Crippen molar-refractivity contribution in [3.8, 4) is 28.7 Å². The van der Waals surface area contributed by atoms with E-state index in [0.29, 0.717) is 0 Å². The third kappa shape index (κ3) is 4.08. The Morgan fingerprint density at radius 2 is 1.40 bits per heavy atom. The average molecular weight is 583 g/mol. The Bertz CT molecular complexity index is 1740. The van der Waals surface area contributed by atoms with E-state index in [1.165, 1.54) is 34.6 Å². The molecule has 1 aliphatic heterocycles. The number of hydrogen-bond acceptors (Lipinski definition) is 12. The quantitative estimate of drug-likeness (QED) is 0.129. The van der Waals surface area contributed by atoms with Gasteiger partial charge in [-0.3, -0.25) is 24.0 Å². The van der Waals surface area contributed by atoms with Crippen molar-refractivity contribution in [2.75, 3.05) is 6.61 Å². The van der Waals surface area contributed by atoms with Crippen molar-refractivity contribution in [1.82, 2.24) is 0 Å². The van der Waals surface area contributed by atoms with Crippen molar-refractivity contribution in [2.45, 2.75) is 66.2 Å². The Morgan fingerprint density at radius 3 is 1.95 bits per heavy atom. The second-order valence-electron chi connectivity index (χ2n) is 10.5. The zero-order valence-corrected chi connectivity index (χ0v) is 24.0. The number of esters is 2. The highest BCUT2D eigenvalue weighted by Crippen LogP contribution is 2.58. The molecule has 0 saturated heterocycles. The van der Waals surface area contributed by atoms with Crippen LogP contribution < -0.4 is 4.74 Å². The largest absolute Gasteiger partial charge is 0.507 e. The molecule has 0 amide bonds. The molecule has 2 heterocycles. The summed E-state index contributed by atoms with van der Waals surface area (Å²) < 4.78 is 16.4. The van der Waals surface area contributed by atoms with Crippen molar-refractivity contribution in [2.24, 2.45) is 0 Å². The van der Waals surface area contributed by atoms with Crippen molar-refractivity contribution in [3.05, 3.63) is 39.1 Å². The SMILES string of the molecule is CCOC(=O)CC(=O)C(c1oc2c(C(C)=O)c(O)c(C)c(O)c2c1C)C1(C)C(=O)Oc2c(C(C)=O)c(O)c(C)c(O)c21. The first-order valence-corrected chi connectivity index (χ1v) is 13.0. The number of Topliss-reactive ketones (excluding diaryl/α,β-unsaturated/α-hetero) is 3. The van der Waals surface area contributed by atoms with Gasteiger partial charge in [0, 0.05) is 16.7 Å². The monoisotopic (exact) mass is 582 g/mol. The molecule has 1 aromatic heterocycles. The second-order valence-corrected chi connectivity index (χ2v) is 10.5. The normalized spacial score (nSPS) is 16.7. The number of ether oxygens (including phenoxy) is 2. The molecule has 2 unspecified atom stereocenters. The van der Waals surface area contributed by atoms with Gasteiger partial charge >= 0.3 is 11.9 Å². The zero-order chi connectivity index (χ0) is 31.6. The number of benzene rings is 2. The fraction of sp³-hybridized carbons (Fsp3) is 0.367. The molecule has 3 aromatic rings. The highest BCUT2D eigenvalue weighted by atomic mass is 16.5. The molecule has 12 heteroatoms. The molecule has 12 nitrogen and oxygen atoms in total. The van der Waals surface area contributed by atoms with Crippen LogP contribution >= 0.6 is 0 Å². The van der Waals surface area contributed by atoms with Crippen LogP contribution in [0.25, 0.3) is 11.0 Å². The lowest BCUT2D eigenvalue weighted by Crippen LogP contribution is -2.42. The Hall–Kier alpha value is -4.87. The molecule has 4 N–H and O–H groups in total. The van der Waals surface area contributed by atoms with Gasteiger partial charge in [0.25, 0.3) is 0 Å². The van der Waals surface area contributed by atoms with Crippen LogP contribution in [0.1, 0.15) is 88.8 Å². The maximum Gasteiger partial charge on any atom is 0.323 e. The number of ketones is 3. The molecular formula is C30H30O12. The molecule has 0 saturated carbocycles. The number of furan rings is 1. The van der Waals surface area contributed by atoms with E-state index in [0.717, 1.165) is 13.8 Å². The summed E-state index contributed by atoms with van der Waals surface area (Å²) in [6, 6.07) is 0. The highest BCUT2D eigenvalue weighted by molar-refractivity contribution is 6.12. The van der Waals surface area contributed by atoms with Gasteiger partial charge in [0.1, 0.15) is 51.7 Å². The number of aryl methyl sites for hydroxylation is 1. The number of hydrogen-bond donors (Lipinski definition) is 4. The van der Waals surface area contributed by atoms with Gasteiger partial charge in [0.2, 0.25) is 0 Å². The summed E-state index contributed by atoms with van der Waals surface area (Å²) in [6.07, 6.45) is -0.847. The Kier molecular flexibility index (Phi) is 7.31. The molecule has 2 atom stereocenters. The molecule has 42 heavy (non-hydrogen) atoms. The highest BCUT2D eigenvalue weighted by Gasteiger charge is 2.59. The molecule has 0 radical (unpaired) electrons. The lowest BCUT2D eigenvalue weighted by molar-refractivity contribution is -0.148. The van der Waals surface area contributed by atoms with E-state index >= 15 is 0 Å². The number of fused-ring (bicyclic) bond motifs is 2. The molecule has 0 aliphatic carbocycles. The van der Waals surface area contributed by atoms with E-state index in [1.54, 1.807) is 0 Å². The molecule has 4 rings (SSSR count). The molecule has 0 spiro atoms. The smallest absolute Gasteiger partial charge is 0.323 e. The summed E-state index contributed by atoms with van der Waals surface area (Å²) in [7, 11) is 0. The Balaban J connectivity index is 2.15. The third-order valence-electron chi connectivity index (χ3n) is 7.86. The van der Waals surface area contributed by atoms with Crippen LogP contribution in [-0.4, -0.2) is 56.3 Å². The summed E-state index contributed by atoms with van der Waals surface area (Å²) in [4.78, 5) is 65.2. The molecule has 0 bridgehead atoms. The van der Waals surface area contributed by atoms with Gasteiger partial charge < -0.3 is 34.3 Å². The Labute approximate surface area is 239 Å². The van der Waals surface area contributed by atoms with Crippen LogP contribution in [-0.2, 0) is 24.5 Å². The lowest BCUT2D eigenvalue weighted by atomic mass is 9.67. The number of rotatable bonds is 8. The van der Waals surface area contributed by atoms with Gasteiger partial charge in [0.05, 0.1) is 23.5 Å². The van der Waals surface area contributed by atoms with E-state index in [2.05, 4.69) is 0 Å². The van der Waals surface area contributed by atoms with E-state index in [1.807, 2.05) is 0 Å². The maximum atomic E-state index is 14.0. The van der Waals surface area contributed by atoms with E-state index in [-0.39, 0.29) is 51.2 Å². The molecule has 0 fully saturated rings. The minimum absolute atomic E-state index is 0.0230. The van der Waals surface area contributed by atoms with Gasteiger partial charge in [-0.1, -0.05) is 0 Å². The van der Waals surface area contributed by atoms with Crippen LogP contribution in [0.4, 0.5) is 0 Å². The van der Waals surface area contributed by atoms with Crippen molar-refractivity contribution < 1.29 is 58.3 Å². The lowest BCUT2D eigenvalue weighted by Gasteiger charge is -2.30. The third-order valence-corrected chi connectivity index (χ3v) is 7.86. The van der Waals surface area contributed by atoms with Crippen LogP contribution in [0.3, 0.4) is 0 Å². The first-order chi connectivity index (χ1) is 19.5. The minimum atomic E-state index is -2.16. The molecular weight excluding hydrogens is 552 g/mol. The summed E-state index contributed by atoms with van der Waals surface area (Å²) in [5.41, 5.74) is -3.52. The molecule has 2 aromatic carbocycles. The first-order valence-electron chi connectivity index (χ1n) is 13.0. The molecule has 222 valence electrons. The van der Waals surface area contributed by atoms with E-state index in [9.17, 15) is 44.4 Å². The fourth-order valence-electron chi connectivity index (χ4n) is 5.68. The summed E-state index contributed by atoms with van der Waals surface area (Å²) >= 11 is 0. The van der Waals surface area contributed by atoms with E-state index in [4.69, 9.17) is 13.9 Å². The number of carbonyl (C=O) groups excluding carboxylic acids is 5. The van der Waals surface area contributed by atoms with Crippen LogP contribution in [0.5, 0.6) is 28.7 Å². The fourth-order valence-corrected chi connectivity index (χ4v) is 5.68. The topological polar surface area (TPSA) is 198 Å². The number of phenolic OH excluding ortho intramolecular Hbond substituents is 4. The second kappa shape index (κ2) is 10.2. The van der Waals surface area contributed by atoms with Gasteiger partial charge in [-0.15, -0.1) is 0 Å². The average Bonchev–Trinajstić information content (AvgIpc) is 3.34. The maximum absolute atomic E-state index is 14.0. The Morgan fingerprint density at radius 1 is 0.857 bits per heavy atom. The standard InChI is InChI=1S/C30H30O12/c1-8-40-16(34)9-15(33)20(26-10(2)17-22(35)11(3)23(36)18(13(5)31)27(17)41-26)30(7)21-25(38)12(4)24(37)19(14(6)32)28(21)42-29(30)39/h20,35-38H,8-9H2,1-7H3. The van der Waals surface area contributed by atoms with Crippen LogP contribution in [0, 0.1) is 20.8 Å². The summed E-state index contributed by atoms with van der Waals surface area (Å²) in [5, 5.41) is 43.4. The van der Waals surface area contributed by atoms with Gasteiger partial charge in [0.15, 0.2) is 28.7 Å². The predicted molar refractivity (Wildman–Crippen MR) is 146 cm³/mol. The molecule has 1 aliphatic rings. The van der Waals surface area contributed by atoms with Crippen molar-refractivity contribution in [3.63, 3.8) is 0 Å². The van der Waals surface area contributed by atoms with Crippen LogP contribution in [0.15, 0.2) is 4.42 Å². The zero-order valence-electron chi connectivity index (χ0n) is 24.0. The summed E-state index contributed by atoms with van der Waals surface area (Å²) in [5.74, 6) is -9.00. The van der Waals surface area contributed by atoms with Crippen molar-refractivity contribution in [1.29, 1.82) is 0 Å². The van der Waals surface area contributed by atoms with Gasteiger partial charge in [-0.2, -0.15) is 0 Å². The summed E-state index contributed by atoms with van der Waals surface area (Å²) in [6.45, 7) is 9.12. The number of phenols is 4. The van der Waals surface area contributed by atoms with Gasteiger partial charge in [-0.05, 0) is 48.5 Å². The minimum Gasteiger partial charge on any atom is -0.507 e. The van der Waals surface area contributed by atoms with Crippen molar-refractivity contribution >= 4 is 40.3 Å². The number of aromatic hydroxyl groups is 4. The van der Waals surface area contributed by atoms with Gasteiger partial charge in [-0.25, -0.2) is 0 Å². The number of carbonyl (C=O) groups is 5. The first kappa shape index (κ1) is 30.1. The van der Waals surface area contributed by atoms with Crippen LogP contribution in [0.2, 0.25) is 0 Å². The van der Waals surface area contributed by atoms with E-state index < -0.39 is 81.4 Å².